The second-order valence-corrected chi connectivity index (χ2v) is 4.81. The first-order chi connectivity index (χ1) is 8.42. The molecule has 1 heterocycles. The van der Waals surface area contributed by atoms with Crippen molar-refractivity contribution in [1.82, 2.24) is 4.98 Å². The third-order valence-electron chi connectivity index (χ3n) is 3.68. The number of anilines is 1. The van der Waals surface area contributed by atoms with Crippen molar-refractivity contribution in [2.45, 2.75) is 53.7 Å². The topological polar surface area (TPSA) is 65.4 Å². The smallest absolute Gasteiger partial charge is 0.140 e. The number of nitrogens with one attached hydrogen (secondary N) is 1. The minimum atomic E-state index is -0.602. The van der Waals surface area contributed by atoms with Crippen molar-refractivity contribution in [2.24, 2.45) is 5.92 Å². The molecule has 0 aliphatic rings. The molecule has 0 amide bonds. The van der Waals surface area contributed by atoms with Gasteiger partial charge in [0.1, 0.15) is 17.8 Å². The van der Waals surface area contributed by atoms with Crippen LogP contribution < -0.4 is 5.32 Å². The average molecular weight is 252 g/mol. The van der Waals surface area contributed by atoms with Crippen LogP contribution in [0.15, 0.2) is 0 Å². The van der Waals surface area contributed by atoms with Crippen molar-refractivity contribution < 1.29 is 10.2 Å². The van der Waals surface area contributed by atoms with E-state index in [9.17, 15) is 10.2 Å². The third-order valence-corrected chi connectivity index (χ3v) is 3.68. The zero-order valence-electron chi connectivity index (χ0n) is 11.9. The predicted molar refractivity (Wildman–Crippen MR) is 73.8 cm³/mol. The summed E-state index contributed by atoms with van der Waals surface area (Å²) in [5.41, 5.74) is 2.27. The molecule has 0 unspecified atom stereocenters. The van der Waals surface area contributed by atoms with Crippen molar-refractivity contribution >= 4 is 5.82 Å². The lowest BCUT2D eigenvalue weighted by Crippen LogP contribution is -2.29. The Bertz CT molecular complexity index is 415. The number of aliphatic hydroxyl groups excluding tert-OH is 1. The Morgan fingerprint density at radius 2 is 1.67 bits per heavy atom. The number of hydrogen-bond acceptors (Lipinski definition) is 4. The number of aromatic nitrogens is 1. The van der Waals surface area contributed by atoms with Gasteiger partial charge in [-0.05, 0) is 44.7 Å². The molecule has 102 valence electrons. The zero-order valence-corrected chi connectivity index (χ0v) is 11.9. The van der Waals surface area contributed by atoms with Gasteiger partial charge in [0.25, 0.3) is 0 Å². The molecule has 1 aromatic rings. The molecule has 1 rings (SSSR count). The van der Waals surface area contributed by atoms with Crippen LogP contribution in [-0.4, -0.2) is 21.4 Å². The number of aromatic hydroxyl groups is 1. The normalized spacial score (nSPS) is 12.8. The second kappa shape index (κ2) is 6.05. The van der Waals surface area contributed by atoms with Gasteiger partial charge < -0.3 is 15.5 Å². The monoisotopic (exact) mass is 252 g/mol. The van der Waals surface area contributed by atoms with E-state index in [-0.39, 0.29) is 11.7 Å². The minimum Gasteiger partial charge on any atom is -0.506 e. The van der Waals surface area contributed by atoms with Crippen LogP contribution in [0.25, 0.3) is 0 Å². The van der Waals surface area contributed by atoms with E-state index in [0.29, 0.717) is 11.5 Å². The predicted octanol–water partition coefficient (Wildman–Crippen LogP) is 2.88. The Morgan fingerprint density at radius 1 is 1.11 bits per heavy atom. The first-order valence-electron chi connectivity index (χ1n) is 6.53. The van der Waals surface area contributed by atoms with Gasteiger partial charge in [0.05, 0.1) is 5.69 Å². The molecule has 4 nitrogen and oxygen atoms in total. The van der Waals surface area contributed by atoms with E-state index in [4.69, 9.17) is 0 Å². The minimum absolute atomic E-state index is 0.209. The average Bonchev–Trinajstić information content (AvgIpc) is 2.35. The maximum atomic E-state index is 10.1. The van der Waals surface area contributed by atoms with Gasteiger partial charge in [-0.25, -0.2) is 4.98 Å². The molecule has 4 heteroatoms. The van der Waals surface area contributed by atoms with Crippen LogP contribution in [0.2, 0.25) is 0 Å². The van der Waals surface area contributed by atoms with Crippen molar-refractivity contribution in [3.63, 3.8) is 0 Å². The van der Waals surface area contributed by atoms with Crippen molar-refractivity contribution in [3.05, 3.63) is 16.8 Å². The Kier molecular flexibility index (Phi) is 4.96. The largest absolute Gasteiger partial charge is 0.506 e. The number of nitrogens with zero attached hydrogens (tertiary/aromatic N) is 1. The highest BCUT2D eigenvalue weighted by molar-refractivity contribution is 5.54. The van der Waals surface area contributed by atoms with Crippen LogP contribution in [-0.2, 0) is 0 Å². The summed E-state index contributed by atoms with van der Waals surface area (Å²) < 4.78 is 0. The Morgan fingerprint density at radius 3 is 2.17 bits per heavy atom. The summed E-state index contributed by atoms with van der Waals surface area (Å²) >= 11 is 0. The number of aliphatic hydroxyl groups is 1. The molecule has 0 aromatic carbocycles. The summed E-state index contributed by atoms with van der Waals surface area (Å²) in [4.78, 5) is 4.30. The van der Waals surface area contributed by atoms with Crippen LogP contribution in [0.4, 0.5) is 5.82 Å². The van der Waals surface area contributed by atoms with Crippen LogP contribution in [0.5, 0.6) is 5.75 Å². The molecule has 0 saturated carbocycles. The highest BCUT2D eigenvalue weighted by Crippen LogP contribution is 2.28. The lowest BCUT2D eigenvalue weighted by Gasteiger charge is -2.23. The first-order valence-corrected chi connectivity index (χ1v) is 6.53. The van der Waals surface area contributed by atoms with Crippen LogP contribution in [0.1, 0.15) is 43.5 Å². The second-order valence-electron chi connectivity index (χ2n) is 4.81. The van der Waals surface area contributed by atoms with Gasteiger partial charge >= 0.3 is 0 Å². The number of hydrogen-bond donors (Lipinski definition) is 3. The van der Waals surface area contributed by atoms with E-state index in [1.165, 1.54) is 0 Å². The van der Waals surface area contributed by atoms with Gasteiger partial charge in [-0.15, -0.1) is 0 Å². The van der Waals surface area contributed by atoms with Crippen molar-refractivity contribution in [1.29, 1.82) is 0 Å². The molecule has 0 aliphatic carbocycles. The third kappa shape index (κ3) is 2.93. The Hall–Kier alpha value is -1.29. The lowest BCUT2D eigenvalue weighted by atomic mass is 10.0. The van der Waals surface area contributed by atoms with Gasteiger partial charge in [-0.1, -0.05) is 13.8 Å². The molecule has 1 aromatic heterocycles. The maximum absolute atomic E-state index is 10.1. The summed E-state index contributed by atoms with van der Waals surface area (Å²) in [7, 11) is 0. The first kappa shape index (κ1) is 14.8. The summed E-state index contributed by atoms with van der Waals surface area (Å²) in [6, 6.07) is 0. The van der Waals surface area contributed by atoms with Crippen molar-refractivity contribution in [2.75, 3.05) is 5.32 Å². The van der Waals surface area contributed by atoms with Gasteiger partial charge in [-0.3, -0.25) is 0 Å². The molecular weight excluding hydrogens is 228 g/mol. The zero-order chi connectivity index (χ0) is 13.9. The molecule has 1 atom stereocenters. The summed E-state index contributed by atoms with van der Waals surface area (Å²) in [5.74, 6) is 1.10. The molecule has 18 heavy (non-hydrogen) atoms. The van der Waals surface area contributed by atoms with Gasteiger partial charge in [0.2, 0.25) is 0 Å². The molecule has 0 radical (unpaired) electrons. The standard InChI is InChI=1S/C14H24N2O2/c1-6-11(7-2)14(18)16-13-9(4)8(3)12(17)10(5)15-13/h11,14,17-18H,6-7H2,1-5H3,(H,15,16)/t14-/m0/s1. The van der Waals surface area contributed by atoms with Gasteiger partial charge in [0.15, 0.2) is 0 Å². The molecular formula is C14H24N2O2. The van der Waals surface area contributed by atoms with E-state index in [1.807, 2.05) is 13.8 Å². The summed E-state index contributed by atoms with van der Waals surface area (Å²) in [5, 5.41) is 23.0. The highest BCUT2D eigenvalue weighted by Gasteiger charge is 2.18. The maximum Gasteiger partial charge on any atom is 0.140 e. The molecule has 0 fully saturated rings. The van der Waals surface area contributed by atoms with E-state index in [2.05, 4.69) is 24.1 Å². The quantitative estimate of drug-likeness (QED) is 0.705. The SMILES string of the molecule is CCC(CC)[C@H](O)Nc1nc(C)c(O)c(C)c1C. The van der Waals surface area contributed by atoms with E-state index >= 15 is 0 Å². The fraction of sp³-hybridized carbons (Fsp3) is 0.643. The van der Waals surface area contributed by atoms with Gasteiger partial charge in [-0.2, -0.15) is 0 Å². The summed E-state index contributed by atoms with van der Waals surface area (Å²) in [6.07, 6.45) is 1.23. The molecule has 0 bridgehead atoms. The van der Waals surface area contributed by atoms with Gasteiger partial charge in [0, 0.05) is 5.92 Å². The van der Waals surface area contributed by atoms with Crippen molar-refractivity contribution in [3.8, 4) is 5.75 Å². The molecule has 0 aliphatic heterocycles. The number of rotatable bonds is 5. The Balaban J connectivity index is 2.98. The van der Waals surface area contributed by atoms with E-state index in [0.717, 1.165) is 24.0 Å². The fourth-order valence-electron chi connectivity index (χ4n) is 2.06. The number of aryl methyl sites for hydroxylation is 1. The lowest BCUT2D eigenvalue weighted by molar-refractivity contribution is 0.128. The number of pyridine rings is 1. The summed E-state index contributed by atoms with van der Waals surface area (Å²) in [6.45, 7) is 9.63. The molecule has 0 saturated heterocycles. The highest BCUT2D eigenvalue weighted by atomic mass is 16.3. The van der Waals surface area contributed by atoms with Crippen LogP contribution >= 0.6 is 0 Å². The van der Waals surface area contributed by atoms with E-state index in [1.54, 1.807) is 6.92 Å². The van der Waals surface area contributed by atoms with E-state index < -0.39 is 6.23 Å². The van der Waals surface area contributed by atoms with Crippen LogP contribution in [0.3, 0.4) is 0 Å². The van der Waals surface area contributed by atoms with Crippen LogP contribution in [0, 0.1) is 26.7 Å². The molecule has 0 spiro atoms. The Labute approximate surface area is 109 Å². The molecule has 3 N–H and O–H groups in total. The fourth-order valence-corrected chi connectivity index (χ4v) is 2.06.